The summed E-state index contributed by atoms with van der Waals surface area (Å²) in [6.07, 6.45) is 5.31. The van der Waals surface area contributed by atoms with Gasteiger partial charge in [0, 0.05) is 25.3 Å². The van der Waals surface area contributed by atoms with Crippen molar-refractivity contribution in [3.8, 4) is 0 Å². The van der Waals surface area contributed by atoms with Gasteiger partial charge in [-0.2, -0.15) is 0 Å². The molecule has 1 aliphatic carbocycles. The SMILES string of the molecule is Cc1cccc2ncc(CN3CCC(O)(C4CC4)C3)n12. The third-order valence-electron chi connectivity index (χ3n) is 4.88. The van der Waals surface area contributed by atoms with Crippen molar-refractivity contribution in [1.29, 1.82) is 0 Å². The lowest BCUT2D eigenvalue weighted by Crippen LogP contribution is -2.35. The number of β-amino-alcohol motifs (C(OH)–C–C–N with tert-alkyl or cyclic N) is 1. The van der Waals surface area contributed by atoms with E-state index in [2.05, 4.69) is 27.3 Å². The number of likely N-dealkylation sites (tertiary alicyclic amines) is 1. The van der Waals surface area contributed by atoms with E-state index >= 15 is 0 Å². The average Bonchev–Trinajstić information content (AvgIpc) is 3.12. The number of fused-ring (bicyclic) bond motifs is 1. The second-order valence-electron chi connectivity index (χ2n) is 6.45. The molecule has 0 radical (unpaired) electrons. The lowest BCUT2D eigenvalue weighted by atomic mass is 9.97. The molecule has 0 spiro atoms. The monoisotopic (exact) mass is 271 g/mol. The van der Waals surface area contributed by atoms with Gasteiger partial charge in [-0.15, -0.1) is 0 Å². The fraction of sp³-hybridized carbons (Fsp3) is 0.562. The smallest absolute Gasteiger partial charge is 0.137 e. The standard InChI is InChI=1S/C16H21N3O/c1-12-3-2-4-15-17-9-14(19(12)15)10-18-8-7-16(20,11-18)13-5-6-13/h2-4,9,13,20H,5-8,10-11H2,1H3. The van der Waals surface area contributed by atoms with Crippen LogP contribution in [0, 0.1) is 12.8 Å². The van der Waals surface area contributed by atoms with E-state index in [1.807, 2.05) is 18.3 Å². The van der Waals surface area contributed by atoms with E-state index in [-0.39, 0.29) is 0 Å². The predicted octanol–water partition coefficient (Wildman–Crippen LogP) is 1.99. The number of aliphatic hydroxyl groups is 1. The molecule has 1 saturated heterocycles. The summed E-state index contributed by atoms with van der Waals surface area (Å²) in [5, 5.41) is 10.6. The zero-order valence-corrected chi connectivity index (χ0v) is 11.9. The molecule has 2 aromatic rings. The van der Waals surface area contributed by atoms with E-state index in [9.17, 15) is 5.11 Å². The summed E-state index contributed by atoms with van der Waals surface area (Å²) in [6.45, 7) is 4.80. The van der Waals surface area contributed by atoms with Crippen molar-refractivity contribution < 1.29 is 5.11 Å². The first-order valence-electron chi connectivity index (χ1n) is 7.52. The van der Waals surface area contributed by atoms with Gasteiger partial charge in [0.15, 0.2) is 0 Å². The highest BCUT2D eigenvalue weighted by molar-refractivity contribution is 5.42. The Morgan fingerprint density at radius 2 is 2.25 bits per heavy atom. The highest BCUT2D eigenvalue weighted by Gasteiger charge is 2.47. The van der Waals surface area contributed by atoms with E-state index < -0.39 is 5.60 Å². The summed E-state index contributed by atoms with van der Waals surface area (Å²) in [5.41, 5.74) is 3.02. The molecule has 3 heterocycles. The summed E-state index contributed by atoms with van der Waals surface area (Å²) < 4.78 is 2.22. The van der Waals surface area contributed by atoms with Crippen molar-refractivity contribution >= 4 is 5.65 Å². The molecule has 0 bridgehead atoms. The second-order valence-corrected chi connectivity index (χ2v) is 6.45. The van der Waals surface area contributed by atoms with Crippen LogP contribution in [0.5, 0.6) is 0 Å². The van der Waals surface area contributed by atoms with Gasteiger partial charge in [0.05, 0.1) is 17.5 Å². The zero-order chi connectivity index (χ0) is 13.7. The van der Waals surface area contributed by atoms with Gasteiger partial charge >= 0.3 is 0 Å². The van der Waals surface area contributed by atoms with Crippen LogP contribution in [-0.2, 0) is 6.54 Å². The molecule has 4 heteroatoms. The summed E-state index contributed by atoms with van der Waals surface area (Å²) in [5.74, 6) is 0.552. The Balaban J connectivity index is 1.56. The van der Waals surface area contributed by atoms with Crippen molar-refractivity contribution in [2.45, 2.75) is 38.3 Å². The van der Waals surface area contributed by atoms with E-state index in [0.29, 0.717) is 5.92 Å². The Bertz CT molecular complexity index is 646. The van der Waals surface area contributed by atoms with Crippen LogP contribution in [0.15, 0.2) is 24.4 Å². The highest BCUT2D eigenvalue weighted by Crippen LogP contribution is 2.44. The minimum absolute atomic E-state index is 0.421. The summed E-state index contributed by atoms with van der Waals surface area (Å²) in [4.78, 5) is 6.85. The molecule has 1 aliphatic heterocycles. The van der Waals surface area contributed by atoms with Gasteiger partial charge in [0.25, 0.3) is 0 Å². The van der Waals surface area contributed by atoms with Crippen molar-refractivity contribution in [2.24, 2.45) is 5.92 Å². The Kier molecular flexibility index (Phi) is 2.66. The van der Waals surface area contributed by atoms with Crippen molar-refractivity contribution in [1.82, 2.24) is 14.3 Å². The molecule has 0 aromatic carbocycles. The molecule has 4 nitrogen and oxygen atoms in total. The average molecular weight is 271 g/mol. The first kappa shape index (κ1) is 12.4. The van der Waals surface area contributed by atoms with Crippen LogP contribution in [0.4, 0.5) is 0 Å². The summed E-state index contributed by atoms with van der Waals surface area (Å²) in [7, 11) is 0. The molecule has 2 aromatic heterocycles. The maximum atomic E-state index is 10.6. The molecule has 106 valence electrons. The van der Waals surface area contributed by atoms with Crippen LogP contribution in [0.25, 0.3) is 5.65 Å². The number of rotatable bonds is 3. The molecular weight excluding hydrogens is 250 g/mol. The first-order valence-corrected chi connectivity index (χ1v) is 7.52. The molecule has 1 unspecified atom stereocenters. The number of hydrogen-bond donors (Lipinski definition) is 1. The zero-order valence-electron chi connectivity index (χ0n) is 11.9. The molecule has 20 heavy (non-hydrogen) atoms. The number of hydrogen-bond acceptors (Lipinski definition) is 3. The lowest BCUT2D eigenvalue weighted by molar-refractivity contribution is 0.0262. The molecule has 4 rings (SSSR count). The quantitative estimate of drug-likeness (QED) is 0.928. The van der Waals surface area contributed by atoms with Gasteiger partial charge in [-0.1, -0.05) is 6.07 Å². The molecule has 2 aliphatic rings. The predicted molar refractivity (Wildman–Crippen MR) is 77.5 cm³/mol. The van der Waals surface area contributed by atoms with Crippen LogP contribution >= 0.6 is 0 Å². The molecule has 1 atom stereocenters. The first-order chi connectivity index (χ1) is 9.66. The number of pyridine rings is 1. The minimum Gasteiger partial charge on any atom is -0.388 e. The normalized spacial score (nSPS) is 27.5. The van der Waals surface area contributed by atoms with Gasteiger partial charge in [-0.25, -0.2) is 4.98 Å². The van der Waals surface area contributed by atoms with Gasteiger partial charge < -0.3 is 9.51 Å². The highest BCUT2D eigenvalue weighted by atomic mass is 16.3. The van der Waals surface area contributed by atoms with Gasteiger partial charge in [0.2, 0.25) is 0 Å². The number of imidazole rings is 1. The fourth-order valence-corrected chi connectivity index (χ4v) is 3.60. The molecule has 1 saturated carbocycles. The Hall–Kier alpha value is -1.39. The molecule has 1 N–H and O–H groups in total. The van der Waals surface area contributed by atoms with Gasteiger partial charge in [-0.3, -0.25) is 4.90 Å². The molecule has 0 amide bonds. The van der Waals surface area contributed by atoms with Crippen molar-refractivity contribution in [3.05, 3.63) is 35.8 Å². The van der Waals surface area contributed by atoms with Crippen LogP contribution in [0.2, 0.25) is 0 Å². The maximum absolute atomic E-state index is 10.6. The van der Waals surface area contributed by atoms with E-state index in [4.69, 9.17) is 0 Å². The largest absolute Gasteiger partial charge is 0.388 e. The third kappa shape index (κ3) is 1.95. The molecule has 2 fully saturated rings. The van der Waals surface area contributed by atoms with Crippen LogP contribution < -0.4 is 0 Å². The van der Waals surface area contributed by atoms with Gasteiger partial charge in [0.1, 0.15) is 5.65 Å². The van der Waals surface area contributed by atoms with Crippen molar-refractivity contribution in [2.75, 3.05) is 13.1 Å². The van der Waals surface area contributed by atoms with Crippen molar-refractivity contribution in [3.63, 3.8) is 0 Å². The number of aryl methyl sites for hydroxylation is 1. The van der Waals surface area contributed by atoms with E-state index in [1.165, 1.54) is 24.2 Å². The van der Waals surface area contributed by atoms with Crippen LogP contribution in [0.3, 0.4) is 0 Å². The Morgan fingerprint density at radius 1 is 1.40 bits per heavy atom. The third-order valence-corrected chi connectivity index (χ3v) is 4.88. The number of nitrogens with zero attached hydrogens (tertiary/aromatic N) is 3. The fourth-order valence-electron chi connectivity index (χ4n) is 3.60. The Morgan fingerprint density at radius 3 is 3.05 bits per heavy atom. The number of aromatic nitrogens is 2. The lowest BCUT2D eigenvalue weighted by Gasteiger charge is -2.23. The summed E-state index contributed by atoms with van der Waals surface area (Å²) in [6, 6.07) is 6.20. The maximum Gasteiger partial charge on any atom is 0.137 e. The van der Waals surface area contributed by atoms with E-state index in [0.717, 1.165) is 31.7 Å². The van der Waals surface area contributed by atoms with Crippen LogP contribution in [0.1, 0.15) is 30.7 Å². The summed E-state index contributed by atoms with van der Waals surface area (Å²) >= 11 is 0. The van der Waals surface area contributed by atoms with E-state index in [1.54, 1.807) is 0 Å². The topological polar surface area (TPSA) is 40.8 Å². The molecular formula is C16H21N3O. The van der Waals surface area contributed by atoms with Gasteiger partial charge in [-0.05, 0) is 44.2 Å². The Labute approximate surface area is 119 Å². The van der Waals surface area contributed by atoms with Crippen LogP contribution in [-0.4, -0.2) is 38.1 Å². The second kappa shape index (κ2) is 4.30. The minimum atomic E-state index is -0.421.